The van der Waals surface area contributed by atoms with Crippen LogP contribution < -0.4 is 14.2 Å². The SMILES string of the molecule is COc1cc(-c2ccc3nc[nH]c3c2)cc(OC)c1OC. The predicted molar refractivity (Wildman–Crippen MR) is 81.2 cm³/mol. The number of fused-ring (bicyclic) bond motifs is 1. The molecule has 0 spiro atoms. The van der Waals surface area contributed by atoms with Gasteiger partial charge in [0, 0.05) is 0 Å². The Kier molecular flexibility index (Phi) is 3.39. The summed E-state index contributed by atoms with van der Waals surface area (Å²) in [5, 5.41) is 0. The molecule has 1 heterocycles. The van der Waals surface area contributed by atoms with Crippen LogP contribution in [0.5, 0.6) is 17.2 Å². The van der Waals surface area contributed by atoms with Crippen LogP contribution in [0.3, 0.4) is 0 Å². The molecule has 0 bridgehead atoms. The molecule has 0 saturated carbocycles. The van der Waals surface area contributed by atoms with E-state index in [1.165, 1.54) is 0 Å². The van der Waals surface area contributed by atoms with Crippen LogP contribution in [0.25, 0.3) is 22.2 Å². The van der Waals surface area contributed by atoms with Crippen molar-refractivity contribution in [1.29, 1.82) is 0 Å². The van der Waals surface area contributed by atoms with Gasteiger partial charge in [-0.1, -0.05) is 6.07 Å². The van der Waals surface area contributed by atoms with Crippen LogP contribution in [0.1, 0.15) is 0 Å². The first kappa shape index (κ1) is 13.3. The summed E-state index contributed by atoms with van der Waals surface area (Å²) in [4.78, 5) is 7.33. The van der Waals surface area contributed by atoms with Gasteiger partial charge in [-0.2, -0.15) is 0 Å². The lowest BCUT2D eigenvalue weighted by Crippen LogP contribution is -1.95. The lowest BCUT2D eigenvalue weighted by Gasteiger charge is -2.14. The first-order valence-corrected chi connectivity index (χ1v) is 6.50. The lowest BCUT2D eigenvalue weighted by molar-refractivity contribution is 0.324. The highest BCUT2D eigenvalue weighted by molar-refractivity contribution is 5.82. The highest BCUT2D eigenvalue weighted by Crippen LogP contribution is 2.41. The number of H-pyrrole nitrogens is 1. The van der Waals surface area contributed by atoms with Crippen LogP contribution in [0.4, 0.5) is 0 Å². The lowest BCUT2D eigenvalue weighted by atomic mass is 10.0. The number of methoxy groups -OCH3 is 3. The zero-order valence-corrected chi connectivity index (χ0v) is 12.1. The molecular weight excluding hydrogens is 268 g/mol. The smallest absolute Gasteiger partial charge is 0.203 e. The maximum atomic E-state index is 5.39. The van der Waals surface area contributed by atoms with E-state index in [4.69, 9.17) is 14.2 Å². The summed E-state index contributed by atoms with van der Waals surface area (Å²) in [6.07, 6.45) is 1.68. The van der Waals surface area contributed by atoms with Crippen LogP contribution in [-0.4, -0.2) is 31.3 Å². The molecule has 108 valence electrons. The summed E-state index contributed by atoms with van der Waals surface area (Å²) in [6, 6.07) is 9.90. The number of rotatable bonds is 4. The molecule has 21 heavy (non-hydrogen) atoms. The summed E-state index contributed by atoms with van der Waals surface area (Å²) in [5.41, 5.74) is 3.96. The van der Waals surface area contributed by atoms with E-state index in [-0.39, 0.29) is 0 Å². The molecule has 0 unspecified atom stereocenters. The van der Waals surface area contributed by atoms with Crippen LogP contribution in [0.15, 0.2) is 36.7 Å². The van der Waals surface area contributed by atoms with Crippen LogP contribution in [0, 0.1) is 0 Å². The van der Waals surface area contributed by atoms with E-state index < -0.39 is 0 Å². The van der Waals surface area contributed by atoms with Crippen molar-refractivity contribution < 1.29 is 14.2 Å². The molecule has 0 radical (unpaired) electrons. The standard InChI is InChI=1S/C16H16N2O3/c1-19-14-7-11(8-15(20-2)16(14)21-3)10-4-5-12-13(6-10)18-9-17-12/h4-9H,1-3H3,(H,17,18). The third-order valence-electron chi connectivity index (χ3n) is 3.42. The molecular formula is C16H16N2O3. The van der Waals surface area contributed by atoms with Crippen LogP contribution in [0.2, 0.25) is 0 Å². The molecule has 5 heteroatoms. The Balaban J connectivity index is 2.16. The fourth-order valence-electron chi connectivity index (χ4n) is 2.36. The zero-order valence-electron chi connectivity index (χ0n) is 12.1. The van der Waals surface area contributed by atoms with E-state index in [0.717, 1.165) is 22.2 Å². The maximum Gasteiger partial charge on any atom is 0.203 e. The Bertz CT molecular complexity index is 755. The molecule has 3 aromatic rings. The first-order chi connectivity index (χ1) is 10.3. The second-order valence-electron chi connectivity index (χ2n) is 4.55. The van der Waals surface area contributed by atoms with Gasteiger partial charge in [-0.15, -0.1) is 0 Å². The number of nitrogens with zero attached hydrogens (tertiary/aromatic N) is 1. The van der Waals surface area contributed by atoms with Crippen molar-refractivity contribution in [2.24, 2.45) is 0 Å². The average molecular weight is 284 g/mol. The molecule has 0 atom stereocenters. The Hall–Kier alpha value is -2.69. The van der Waals surface area contributed by atoms with E-state index in [1.54, 1.807) is 27.7 Å². The zero-order chi connectivity index (χ0) is 14.8. The fraction of sp³-hybridized carbons (Fsp3) is 0.188. The van der Waals surface area contributed by atoms with E-state index in [9.17, 15) is 0 Å². The quantitative estimate of drug-likeness (QED) is 0.799. The molecule has 3 rings (SSSR count). The van der Waals surface area contributed by atoms with Crippen molar-refractivity contribution in [1.82, 2.24) is 9.97 Å². The summed E-state index contributed by atoms with van der Waals surface area (Å²) in [7, 11) is 4.81. The Morgan fingerprint density at radius 3 is 2.19 bits per heavy atom. The second kappa shape index (κ2) is 5.36. The second-order valence-corrected chi connectivity index (χ2v) is 4.55. The highest BCUT2D eigenvalue weighted by Gasteiger charge is 2.14. The number of imidazole rings is 1. The van der Waals surface area contributed by atoms with Crippen molar-refractivity contribution >= 4 is 11.0 Å². The van der Waals surface area contributed by atoms with Gasteiger partial charge >= 0.3 is 0 Å². The van der Waals surface area contributed by atoms with Gasteiger partial charge in [-0.05, 0) is 35.4 Å². The molecule has 1 N–H and O–H groups in total. The summed E-state index contributed by atoms with van der Waals surface area (Å²) >= 11 is 0. The fourth-order valence-corrected chi connectivity index (χ4v) is 2.36. The van der Waals surface area contributed by atoms with Gasteiger partial charge in [0.15, 0.2) is 11.5 Å². The van der Waals surface area contributed by atoms with Gasteiger partial charge in [0.2, 0.25) is 5.75 Å². The molecule has 0 amide bonds. The Morgan fingerprint density at radius 2 is 1.57 bits per heavy atom. The van der Waals surface area contributed by atoms with E-state index in [0.29, 0.717) is 17.2 Å². The summed E-state index contributed by atoms with van der Waals surface area (Å²) in [6.45, 7) is 0. The van der Waals surface area contributed by atoms with E-state index >= 15 is 0 Å². The predicted octanol–water partition coefficient (Wildman–Crippen LogP) is 3.26. The normalized spacial score (nSPS) is 10.6. The van der Waals surface area contributed by atoms with Gasteiger partial charge in [-0.3, -0.25) is 0 Å². The number of nitrogens with one attached hydrogen (secondary N) is 1. The average Bonchev–Trinajstić information content (AvgIpc) is 3.00. The Morgan fingerprint density at radius 1 is 0.857 bits per heavy atom. The van der Waals surface area contributed by atoms with Crippen molar-refractivity contribution in [3.8, 4) is 28.4 Å². The van der Waals surface area contributed by atoms with Crippen molar-refractivity contribution in [2.45, 2.75) is 0 Å². The number of aromatic amines is 1. The molecule has 0 aliphatic heterocycles. The Labute approximate surface area is 122 Å². The van der Waals surface area contributed by atoms with Crippen LogP contribution >= 0.6 is 0 Å². The topological polar surface area (TPSA) is 56.4 Å². The minimum Gasteiger partial charge on any atom is -0.493 e. The molecule has 0 aliphatic carbocycles. The summed E-state index contributed by atoms with van der Waals surface area (Å²) in [5.74, 6) is 1.86. The van der Waals surface area contributed by atoms with E-state index in [2.05, 4.69) is 9.97 Å². The third-order valence-corrected chi connectivity index (χ3v) is 3.42. The molecule has 0 saturated heterocycles. The molecule has 1 aromatic heterocycles. The summed E-state index contributed by atoms with van der Waals surface area (Å²) < 4.78 is 16.1. The maximum absolute atomic E-state index is 5.39. The number of benzene rings is 2. The third kappa shape index (κ3) is 2.27. The number of aromatic nitrogens is 2. The largest absolute Gasteiger partial charge is 0.493 e. The van der Waals surface area contributed by atoms with Gasteiger partial charge in [0.05, 0.1) is 38.7 Å². The van der Waals surface area contributed by atoms with Gasteiger partial charge in [0.1, 0.15) is 0 Å². The van der Waals surface area contributed by atoms with Crippen molar-refractivity contribution in [3.05, 3.63) is 36.7 Å². The molecule has 0 aliphatic rings. The van der Waals surface area contributed by atoms with Gasteiger partial charge < -0.3 is 19.2 Å². The van der Waals surface area contributed by atoms with Gasteiger partial charge in [0.25, 0.3) is 0 Å². The minimum absolute atomic E-state index is 0.589. The van der Waals surface area contributed by atoms with Crippen molar-refractivity contribution in [2.75, 3.05) is 21.3 Å². The van der Waals surface area contributed by atoms with Gasteiger partial charge in [-0.25, -0.2) is 4.98 Å². The molecule has 2 aromatic carbocycles. The first-order valence-electron chi connectivity index (χ1n) is 6.50. The highest BCUT2D eigenvalue weighted by atomic mass is 16.5. The van der Waals surface area contributed by atoms with E-state index in [1.807, 2.05) is 30.3 Å². The molecule has 0 fully saturated rings. The van der Waals surface area contributed by atoms with Crippen LogP contribution in [-0.2, 0) is 0 Å². The number of ether oxygens (including phenoxy) is 3. The number of hydrogen-bond donors (Lipinski definition) is 1. The number of hydrogen-bond acceptors (Lipinski definition) is 4. The molecule has 5 nitrogen and oxygen atoms in total. The van der Waals surface area contributed by atoms with Crippen molar-refractivity contribution in [3.63, 3.8) is 0 Å². The monoisotopic (exact) mass is 284 g/mol. The minimum atomic E-state index is 0.589.